The first-order valence-corrected chi connectivity index (χ1v) is 26.2. The highest BCUT2D eigenvalue weighted by atomic mass is 16.5. The Morgan fingerprint density at radius 3 is 1.89 bits per heavy atom. The SMILES string of the molecule is [2H]C([2H])([2H])C(c1cc(-c2cccc3c4ccccc4c4cccc(C([2H])([2H])C(C)(C)C)c4c4cccc5c4n(c23)CN5c2cccc(Oc3ccc4c5ccccc5n(-c5cc(C(C)(C)C)ccn5)c4c3)c2)cc(C(C)(C)C)c1)(C([2H])([2H])[2H])C([2H])([2H])[2H]. The number of para-hydroxylation sites is 3. The lowest BCUT2D eigenvalue weighted by atomic mass is 9.78. The fourth-order valence-corrected chi connectivity index (χ4v) is 11.3. The minimum absolute atomic E-state index is 0.100. The van der Waals surface area contributed by atoms with Crippen molar-refractivity contribution in [1.82, 2.24) is 14.1 Å². The highest BCUT2D eigenvalue weighted by molar-refractivity contribution is 6.23. The molecule has 5 heteroatoms. The summed E-state index contributed by atoms with van der Waals surface area (Å²) in [5, 5.41) is 6.92. The lowest BCUT2D eigenvalue weighted by molar-refractivity contribution is 0.413. The molecule has 3 aromatic heterocycles. The highest BCUT2D eigenvalue weighted by Gasteiger charge is 2.28. The van der Waals surface area contributed by atoms with Gasteiger partial charge in [-0.05, 0) is 126 Å². The van der Waals surface area contributed by atoms with Gasteiger partial charge in [-0.2, -0.15) is 0 Å². The third-order valence-corrected chi connectivity index (χ3v) is 14.9. The first kappa shape index (κ1) is 37.8. The molecule has 0 amide bonds. The molecule has 11 aromatic rings. The Morgan fingerprint density at radius 1 is 0.513 bits per heavy atom. The van der Waals surface area contributed by atoms with Crippen molar-refractivity contribution in [2.24, 2.45) is 5.41 Å². The maximum absolute atomic E-state index is 9.99. The van der Waals surface area contributed by atoms with Crippen LogP contribution in [-0.2, 0) is 29.3 Å². The molecule has 76 heavy (non-hydrogen) atoms. The van der Waals surface area contributed by atoms with Crippen molar-refractivity contribution in [3.63, 3.8) is 0 Å². The van der Waals surface area contributed by atoms with Crippen LogP contribution >= 0.6 is 0 Å². The second-order valence-electron chi connectivity index (χ2n) is 23.6. The summed E-state index contributed by atoms with van der Waals surface area (Å²) >= 11 is 0. The van der Waals surface area contributed by atoms with Crippen LogP contribution in [0.25, 0.3) is 82.1 Å². The molecular weight excluding hydrogens is 925 g/mol. The number of rotatable bonds is 6. The summed E-state index contributed by atoms with van der Waals surface area (Å²) in [6, 6.07) is 57.4. The van der Waals surface area contributed by atoms with Gasteiger partial charge in [0.25, 0.3) is 0 Å². The van der Waals surface area contributed by atoms with E-state index in [1.54, 1.807) is 0 Å². The van der Waals surface area contributed by atoms with Crippen LogP contribution in [0.2, 0.25) is 0 Å². The molecule has 1 aliphatic rings. The molecule has 0 aliphatic carbocycles. The molecule has 0 radical (unpaired) electrons. The molecule has 0 saturated carbocycles. The Bertz CT molecular complexity index is 4620. The standard InChI is InChI=1S/C71H70N4O/c1-68(2,3)43-45-21-17-28-58-54-24-13-14-25-55(54)59-29-19-27-53(46-37-48(70(7,8)9)39-49(38-46)71(10,11)12)66(59)74-44-73(62-32-20-30-60(65(45)58)67(62)74)50-22-18-23-51(41-50)76-52-33-34-57-56-26-15-16-31-61(56)75(63(57)42-52)64-40-47(35-36-72-64)69(4,5)6/h13-42H,43-44H2,1-12H3/i7D3,8D3,9D3,43D2. The van der Waals surface area contributed by atoms with Gasteiger partial charge >= 0.3 is 0 Å². The van der Waals surface area contributed by atoms with Crippen LogP contribution in [0.1, 0.15) is 120 Å². The minimum atomic E-state index is -3.51. The molecule has 5 nitrogen and oxygen atoms in total. The number of anilines is 2. The summed E-state index contributed by atoms with van der Waals surface area (Å²) in [5.74, 6) is 2.00. The molecule has 0 fully saturated rings. The Labute approximate surface area is 464 Å². The summed E-state index contributed by atoms with van der Waals surface area (Å²) in [6.45, 7) is 7.79. The van der Waals surface area contributed by atoms with Crippen molar-refractivity contribution in [3.8, 4) is 28.4 Å². The van der Waals surface area contributed by atoms with E-state index in [2.05, 4.69) is 95.5 Å². The topological polar surface area (TPSA) is 35.2 Å². The number of pyridine rings is 1. The number of hydrogen-bond acceptors (Lipinski definition) is 3. The summed E-state index contributed by atoms with van der Waals surface area (Å²) in [4.78, 5) is 7.10. The fraction of sp³-hybridized carbons (Fsp3) is 0.254. The van der Waals surface area contributed by atoms with E-state index in [0.29, 0.717) is 39.3 Å². The Balaban J connectivity index is 1.14. The molecule has 0 atom stereocenters. The number of benzene rings is 8. The maximum Gasteiger partial charge on any atom is 0.137 e. The third kappa shape index (κ3) is 8.64. The minimum Gasteiger partial charge on any atom is -0.457 e. The van der Waals surface area contributed by atoms with Crippen molar-refractivity contribution in [3.05, 3.63) is 204 Å². The van der Waals surface area contributed by atoms with E-state index in [-0.39, 0.29) is 17.6 Å². The van der Waals surface area contributed by atoms with Crippen molar-refractivity contribution in [1.29, 1.82) is 0 Å². The van der Waals surface area contributed by atoms with Gasteiger partial charge in [0, 0.05) is 66.2 Å². The quantitative estimate of drug-likeness (QED) is 0.166. The number of nitrogens with zero attached hydrogens (tertiary/aromatic N) is 4. The molecule has 0 N–H and O–H groups in total. The fourth-order valence-electron chi connectivity index (χ4n) is 11.3. The lowest BCUT2D eigenvalue weighted by Gasteiger charge is -2.27. The van der Waals surface area contributed by atoms with Crippen molar-refractivity contribution >= 4 is 76.5 Å². The van der Waals surface area contributed by atoms with E-state index in [1.165, 1.54) is 12.1 Å². The average Bonchev–Trinajstić information content (AvgIpc) is 1.49. The summed E-state index contributed by atoms with van der Waals surface area (Å²) in [7, 11) is 0. The first-order chi connectivity index (χ1) is 40.7. The zero-order valence-corrected chi connectivity index (χ0v) is 44.7. The van der Waals surface area contributed by atoms with Crippen LogP contribution in [0.5, 0.6) is 11.5 Å². The summed E-state index contributed by atoms with van der Waals surface area (Å²) in [6.07, 6.45) is 0.0129. The molecule has 0 bridgehead atoms. The van der Waals surface area contributed by atoms with Gasteiger partial charge in [0.1, 0.15) is 24.0 Å². The second-order valence-corrected chi connectivity index (χ2v) is 23.6. The maximum atomic E-state index is 9.99. The molecule has 8 aromatic carbocycles. The Morgan fingerprint density at radius 2 is 1.14 bits per heavy atom. The van der Waals surface area contributed by atoms with Crippen LogP contribution in [0, 0.1) is 5.41 Å². The molecular formula is C71H70N4O. The molecule has 0 saturated heterocycles. The van der Waals surface area contributed by atoms with Gasteiger partial charge in [0.2, 0.25) is 0 Å². The molecule has 1 aliphatic heterocycles. The van der Waals surface area contributed by atoms with Crippen molar-refractivity contribution < 1.29 is 19.8 Å². The molecule has 0 spiro atoms. The largest absolute Gasteiger partial charge is 0.457 e. The van der Waals surface area contributed by atoms with Crippen molar-refractivity contribution in [2.75, 3.05) is 4.90 Å². The zero-order valence-electron chi connectivity index (χ0n) is 55.7. The highest BCUT2D eigenvalue weighted by Crippen LogP contribution is 2.47. The van der Waals surface area contributed by atoms with Gasteiger partial charge in [0.15, 0.2) is 0 Å². The van der Waals surface area contributed by atoms with Crippen LogP contribution < -0.4 is 9.64 Å². The van der Waals surface area contributed by atoms with Gasteiger partial charge in [-0.25, -0.2) is 4.98 Å². The van der Waals surface area contributed by atoms with E-state index in [1.807, 2.05) is 151 Å². The Hall–Kier alpha value is -7.89. The normalized spacial score (nSPS) is 16.1. The summed E-state index contributed by atoms with van der Waals surface area (Å²) < 4.78 is 111. The second kappa shape index (κ2) is 17.9. The van der Waals surface area contributed by atoms with Gasteiger partial charge in [-0.3, -0.25) is 4.57 Å². The van der Waals surface area contributed by atoms with E-state index in [9.17, 15) is 2.74 Å². The lowest BCUT2D eigenvalue weighted by Crippen LogP contribution is -2.17. The first-order valence-electron chi connectivity index (χ1n) is 31.7. The third-order valence-electron chi connectivity index (χ3n) is 14.9. The molecule has 4 heterocycles. The zero-order chi connectivity index (χ0) is 62.3. The van der Waals surface area contributed by atoms with Crippen LogP contribution in [-0.4, -0.2) is 14.1 Å². The molecule has 380 valence electrons. The van der Waals surface area contributed by atoms with E-state index >= 15 is 0 Å². The van der Waals surface area contributed by atoms with Crippen molar-refractivity contribution in [2.45, 2.75) is 112 Å². The number of aromatic nitrogens is 3. The number of hydrogen-bond donors (Lipinski definition) is 0. The summed E-state index contributed by atoms with van der Waals surface area (Å²) in [5.41, 5.74) is 2.97. The predicted molar refractivity (Wildman–Crippen MR) is 324 cm³/mol. The smallest absolute Gasteiger partial charge is 0.137 e. The van der Waals surface area contributed by atoms with Gasteiger partial charge in [0.05, 0.1) is 27.8 Å². The van der Waals surface area contributed by atoms with Crippen LogP contribution in [0.15, 0.2) is 182 Å². The van der Waals surface area contributed by atoms with Gasteiger partial charge in [-0.15, -0.1) is 0 Å². The van der Waals surface area contributed by atoms with E-state index in [0.717, 1.165) is 82.4 Å². The van der Waals surface area contributed by atoms with Gasteiger partial charge < -0.3 is 14.2 Å². The van der Waals surface area contributed by atoms with E-state index in [4.69, 9.17) is 22.1 Å². The number of fused-ring (bicyclic) bond motifs is 10. The predicted octanol–water partition coefficient (Wildman–Crippen LogP) is 19.8. The monoisotopic (exact) mass is 1010 g/mol. The van der Waals surface area contributed by atoms with Gasteiger partial charge in [-0.1, -0.05) is 198 Å². The van der Waals surface area contributed by atoms with Crippen LogP contribution in [0.3, 0.4) is 0 Å². The van der Waals surface area contributed by atoms with Crippen LogP contribution in [0.4, 0.5) is 11.4 Å². The average molecular weight is 1010 g/mol. The molecule has 0 unspecified atom stereocenters. The number of ether oxygens (including phenoxy) is 1. The molecule has 12 rings (SSSR count). The Kier molecular flexibility index (Phi) is 8.88. The van der Waals surface area contributed by atoms with E-state index < -0.39 is 43.2 Å².